The van der Waals surface area contributed by atoms with Crippen molar-refractivity contribution >= 4 is 30.1 Å². The summed E-state index contributed by atoms with van der Waals surface area (Å²) in [6.45, 7) is 0.304. The molecule has 1 aliphatic heterocycles. The Morgan fingerprint density at radius 2 is 1.78 bits per heavy atom. The molecule has 124 valence electrons. The van der Waals surface area contributed by atoms with Crippen LogP contribution >= 0.6 is 12.4 Å². The first-order chi connectivity index (χ1) is 10.6. The van der Waals surface area contributed by atoms with Gasteiger partial charge in [0.25, 0.3) is 11.8 Å². The van der Waals surface area contributed by atoms with E-state index in [1.54, 1.807) is 24.3 Å². The van der Waals surface area contributed by atoms with E-state index in [-0.39, 0.29) is 36.8 Å². The van der Waals surface area contributed by atoms with Crippen LogP contribution in [0.3, 0.4) is 0 Å². The predicted octanol–water partition coefficient (Wildman–Crippen LogP) is 0.948. The van der Waals surface area contributed by atoms with Crippen molar-refractivity contribution in [2.45, 2.75) is 25.3 Å². The normalized spacial score (nSPS) is 22.7. The number of benzene rings is 1. The van der Waals surface area contributed by atoms with Crippen LogP contribution in [0, 0.1) is 5.92 Å². The molecular formula is C16H20ClN3O3. The Morgan fingerprint density at radius 3 is 2.35 bits per heavy atom. The number of hydrogen-bond donors (Lipinski definition) is 2. The minimum atomic E-state index is -0.405. The molecule has 3 N–H and O–H groups in total. The van der Waals surface area contributed by atoms with Crippen LogP contribution in [-0.2, 0) is 4.79 Å². The first kappa shape index (κ1) is 17.4. The second kappa shape index (κ2) is 7.10. The zero-order valence-corrected chi connectivity index (χ0v) is 13.5. The third-order valence-corrected chi connectivity index (χ3v) is 4.49. The molecule has 1 aliphatic carbocycles. The second-order valence-electron chi connectivity index (χ2n) is 5.84. The second-order valence-corrected chi connectivity index (χ2v) is 5.84. The van der Waals surface area contributed by atoms with Gasteiger partial charge in [0.2, 0.25) is 5.91 Å². The van der Waals surface area contributed by atoms with Crippen LogP contribution in [0.1, 0.15) is 40.0 Å². The Bertz CT molecular complexity index is 600. The Balaban J connectivity index is 0.00000192. The van der Waals surface area contributed by atoms with E-state index in [0.717, 1.165) is 24.2 Å². The molecule has 0 radical (unpaired) electrons. The van der Waals surface area contributed by atoms with Gasteiger partial charge in [0.15, 0.2) is 0 Å². The van der Waals surface area contributed by atoms with Gasteiger partial charge in [0, 0.05) is 6.04 Å². The topological polar surface area (TPSA) is 92.5 Å². The number of hydrogen-bond acceptors (Lipinski definition) is 4. The molecule has 23 heavy (non-hydrogen) atoms. The zero-order valence-electron chi connectivity index (χ0n) is 12.7. The molecule has 2 aliphatic rings. The van der Waals surface area contributed by atoms with Gasteiger partial charge in [-0.3, -0.25) is 19.3 Å². The zero-order chi connectivity index (χ0) is 15.7. The largest absolute Gasteiger partial charge is 0.351 e. The number of amides is 3. The van der Waals surface area contributed by atoms with Gasteiger partial charge in [-0.2, -0.15) is 0 Å². The molecule has 0 aromatic heterocycles. The van der Waals surface area contributed by atoms with Gasteiger partial charge < -0.3 is 11.1 Å². The summed E-state index contributed by atoms with van der Waals surface area (Å²) >= 11 is 0. The van der Waals surface area contributed by atoms with Crippen molar-refractivity contribution in [3.05, 3.63) is 35.4 Å². The molecule has 1 aromatic rings. The summed E-state index contributed by atoms with van der Waals surface area (Å²) in [5, 5.41) is 2.91. The van der Waals surface area contributed by atoms with Crippen LogP contribution in [0.25, 0.3) is 0 Å². The third-order valence-electron chi connectivity index (χ3n) is 4.49. The summed E-state index contributed by atoms with van der Waals surface area (Å²) in [4.78, 5) is 37.6. The van der Waals surface area contributed by atoms with Crippen LogP contribution in [0.15, 0.2) is 24.3 Å². The highest BCUT2D eigenvalue weighted by Crippen LogP contribution is 2.25. The van der Waals surface area contributed by atoms with Gasteiger partial charge >= 0.3 is 0 Å². The van der Waals surface area contributed by atoms with E-state index in [2.05, 4.69) is 5.32 Å². The van der Waals surface area contributed by atoms with Crippen LogP contribution < -0.4 is 11.1 Å². The lowest BCUT2D eigenvalue weighted by molar-refractivity contribution is -0.122. The monoisotopic (exact) mass is 337 g/mol. The molecule has 7 heteroatoms. The molecule has 1 heterocycles. The summed E-state index contributed by atoms with van der Waals surface area (Å²) < 4.78 is 0. The SMILES string of the molecule is Cl.NCC1CCCC1NC(=O)CN1C(=O)c2ccccc2C1=O. The van der Waals surface area contributed by atoms with Gasteiger partial charge in [-0.1, -0.05) is 18.6 Å². The molecule has 0 bridgehead atoms. The Hall–Kier alpha value is -1.92. The average molecular weight is 338 g/mol. The highest BCUT2D eigenvalue weighted by atomic mass is 35.5. The van der Waals surface area contributed by atoms with E-state index >= 15 is 0 Å². The van der Waals surface area contributed by atoms with E-state index in [4.69, 9.17) is 5.73 Å². The van der Waals surface area contributed by atoms with E-state index in [1.165, 1.54) is 0 Å². The fourth-order valence-corrected chi connectivity index (χ4v) is 3.29. The van der Waals surface area contributed by atoms with Crippen LogP contribution in [0.2, 0.25) is 0 Å². The van der Waals surface area contributed by atoms with Crippen molar-refractivity contribution < 1.29 is 14.4 Å². The van der Waals surface area contributed by atoms with E-state index in [1.807, 2.05) is 0 Å². The van der Waals surface area contributed by atoms with Crippen molar-refractivity contribution in [1.82, 2.24) is 10.2 Å². The Labute approximate surface area is 140 Å². The lowest BCUT2D eigenvalue weighted by Gasteiger charge is -2.21. The van der Waals surface area contributed by atoms with Crippen molar-refractivity contribution in [1.29, 1.82) is 0 Å². The number of nitrogens with two attached hydrogens (primary N) is 1. The summed E-state index contributed by atoms with van der Waals surface area (Å²) in [6.07, 6.45) is 2.95. The van der Waals surface area contributed by atoms with E-state index in [9.17, 15) is 14.4 Å². The number of carbonyl (C=O) groups is 3. The van der Waals surface area contributed by atoms with Gasteiger partial charge in [0.05, 0.1) is 11.1 Å². The average Bonchev–Trinajstić information content (AvgIpc) is 3.06. The highest BCUT2D eigenvalue weighted by molar-refractivity contribution is 6.22. The molecule has 1 fully saturated rings. The van der Waals surface area contributed by atoms with Crippen molar-refractivity contribution in [3.8, 4) is 0 Å². The van der Waals surface area contributed by atoms with Gasteiger partial charge in [-0.25, -0.2) is 0 Å². The van der Waals surface area contributed by atoms with E-state index in [0.29, 0.717) is 17.7 Å². The number of halogens is 1. The number of nitrogens with one attached hydrogen (secondary N) is 1. The Morgan fingerprint density at radius 1 is 1.17 bits per heavy atom. The molecule has 3 rings (SSSR count). The highest BCUT2D eigenvalue weighted by Gasteiger charge is 2.37. The molecule has 1 aromatic carbocycles. The maximum absolute atomic E-state index is 12.2. The molecule has 2 atom stereocenters. The molecule has 0 spiro atoms. The summed E-state index contributed by atoms with van der Waals surface area (Å²) in [5.74, 6) is -0.832. The Kier molecular flexibility index (Phi) is 5.38. The van der Waals surface area contributed by atoms with Gasteiger partial charge in [-0.15, -0.1) is 12.4 Å². The lowest BCUT2D eigenvalue weighted by atomic mass is 10.0. The fraction of sp³-hybridized carbons (Fsp3) is 0.438. The fourth-order valence-electron chi connectivity index (χ4n) is 3.29. The first-order valence-corrected chi connectivity index (χ1v) is 7.56. The van der Waals surface area contributed by atoms with Crippen molar-refractivity contribution in [2.24, 2.45) is 11.7 Å². The number of carbonyl (C=O) groups excluding carboxylic acids is 3. The van der Waals surface area contributed by atoms with Crippen molar-refractivity contribution in [3.63, 3.8) is 0 Å². The first-order valence-electron chi connectivity index (χ1n) is 7.56. The number of imide groups is 1. The van der Waals surface area contributed by atoms with Crippen molar-refractivity contribution in [2.75, 3.05) is 13.1 Å². The molecule has 6 nitrogen and oxygen atoms in total. The quantitative estimate of drug-likeness (QED) is 0.800. The van der Waals surface area contributed by atoms with E-state index < -0.39 is 11.8 Å². The molecule has 0 saturated heterocycles. The summed E-state index contributed by atoms with van der Waals surface area (Å²) in [5.41, 5.74) is 6.42. The lowest BCUT2D eigenvalue weighted by Crippen LogP contribution is -2.46. The number of rotatable bonds is 4. The van der Waals surface area contributed by atoms with Crippen LogP contribution in [0.4, 0.5) is 0 Å². The third kappa shape index (κ3) is 3.23. The van der Waals surface area contributed by atoms with Gasteiger partial charge in [-0.05, 0) is 37.4 Å². The summed E-state index contributed by atoms with van der Waals surface area (Å²) in [6, 6.07) is 6.67. The minimum Gasteiger partial charge on any atom is -0.351 e. The number of nitrogens with zero attached hydrogens (tertiary/aromatic N) is 1. The maximum Gasteiger partial charge on any atom is 0.262 e. The summed E-state index contributed by atoms with van der Waals surface area (Å²) in [7, 11) is 0. The minimum absolute atomic E-state index is 0. The molecular weight excluding hydrogens is 318 g/mol. The number of fused-ring (bicyclic) bond motifs is 1. The molecule has 2 unspecified atom stereocenters. The predicted molar refractivity (Wildman–Crippen MR) is 87.4 cm³/mol. The van der Waals surface area contributed by atoms with Gasteiger partial charge in [0.1, 0.15) is 6.54 Å². The molecule has 3 amide bonds. The van der Waals surface area contributed by atoms with Crippen LogP contribution in [-0.4, -0.2) is 41.8 Å². The molecule has 1 saturated carbocycles. The maximum atomic E-state index is 12.2. The van der Waals surface area contributed by atoms with Crippen LogP contribution in [0.5, 0.6) is 0 Å². The smallest absolute Gasteiger partial charge is 0.262 e. The standard InChI is InChI=1S/C16H19N3O3.ClH/c17-8-10-4-3-7-13(10)18-14(20)9-19-15(21)11-5-1-2-6-12(11)16(19)22;/h1-2,5-6,10,13H,3-4,7-9,17H2,(H,18,20);1H.